The molecule has 0 saturated carbocycles. The number of hydrogen-bond acceptors (Lipinski definition) is 4. The highest BCUT2D eigenvalue weighted by molar-refractivity contribution is 7.92. The number of halogens is 1. The molecule has 0 radical (unpaired) electrons. The maximum absolute atomic E-state index is 12.6. The van der Waals surface area contributed by atoms with Crippen LogP contribution in [0.4, 0.5) is 0 Å². The van der Waals surface area contributed by atoms with E-state index < -0.39 is 15.1 Å². The highest BCUT2D eigenvalue weighted by Crippen LogP contribution is 2.25. The van der Waals surface area contributed by atoms with Crippen LogP contribution in [0.3, 0.4) is 0 Å². The molecule has 7 heteroatoms. The first-order chi connectivity index (χ1) is 13.4. The number of carbonyl (C=O) groups is 1. The van der Waals surface area contributed by atoms with Crippen LogP contribution in [-0.4, -0.2) is 44.2 Å². The summed E-state index contributed by atoms with van der Waals surface area (Å²) >= 11 is 5.82. The molecule has 0 aromatic heterocycles. The van der Waals surface area contributed by atoms with Crippen molar-refractivity contribution in [2.24, 2.45) is 0 Å². The molecule has 0 spiro atoms. The third kappa shape index (κ3) is 4.86. The SMILES string of the molecule is CCCOc1ccc(CCC(=O)N2CC(S(=O)(=O)c3ccc(Cl)cc3)C2)cc1. The van der Waals surface area contributed by atoms with Gasteiger partial charge in [0.1, 0.15) is 11.0 Å². The van der Waals surface area contributed by atoms with E-state index in [1.165, 1.54) is 12.1 Å². The molecule has 0 atom stereocenters. The number of likely N-dealkylation sites (tertiary alicyclic amines) is 1. The van der Waals surface area contributed by atoms with Crippen LogP contribution in [0, 0.1) is 0 Å². The van der Waals surface area contributed by atoms with Crippen LogP contribution in [0.15, 0.2) is 53.4 Å². The predicted octanol–water partition coefficient (Wildman–Crippen LogP) is 3.75. The Labute approximate surface area is 171 Å². The lowest BCUT2D eigenvalue weighted by atomic mass is 10.1. The third-order valence-corrected chi connectivity index (χ3v) is 7.16. The summed E-state index contributed by atoms with van der Waals surface area (Å²) in [5, 5.41) is -0.0538. The van der Waals surface area contributed by atoms with E-state index in [9.17, 15) is 13.2 Å². The van der Waals surface area contributed by atoms with Gasteiger partial charge < -0.3 is 9.64 Å². The van der Waals surface area contributed by atoms with E-state index >= 15 is 0 Å². The second kappa shape index (κ2) is 8.97. The van der Waals surface area contributed by atoms with E-state index in [4.69, 9.17) is 16.3 Å². The summed E-state index contributed by atoms with van der Waals surface area (Å²) in [6.07, 6.45) is 1.95. The number of aryl methyl sites for hydroxylation is 1. The zero-order valence-corrected chi connectivity index (χ0v) is 17.4. The molecular formula is C21H24ClNO4S. The minimum atomic E-state index is -3.43. The Bertz CT molecular complexity index is 904. The van der Waals surface area contributed by atoms with E-state index in [0.717, 1.165) is 17.7 Å². The molecular weight excluding hydrogens is 398 g/mol. The van der Waals surface area contributed by atoms with Crippen molar-refractivity contribution < 1.29 is 17.9 Å². The maximum atomic E-state index is 12.6. The Hall–Kier alpha value is -2.05. The van der Waals surface area contributed by atoms with Gasteiger partial charge in [-0.15, -0.1) is 0 Å². The van der Waals surface area contributed by atoms with Crippen molar-refractivity contribution in [3.05, 3.63) is 59.1 Å². The van der Waals surface area contributed by atoms with E-state index in [-0.39, 0.29) is 23.9 Å². The first kappa shape index (κ1) is 20.7. The third-order valence-electron chi connectivity index (χ3n) is 4.81. The van der Waals surface area contributed by atoms with Crippen LogP contribution in [0.2, 0.25) is 5.02 Å². The first-order valence-electron chi connectivity index (χ1n) is 9.39. The quantitative estimate of drug-likeness (QED) is 0.651. The largest absolute Gasteiger partial charge is 0.494 e. The van der Waals surface area contributed by atoms with Gasteiger partial charge in [-0.3, -0.25) is 4.79 Å². The topological polar surface area (TPSA) is 63.7 Å². The van der Waals surface area contributed by atoms with Crippen molar-refractivity contribution >= 4 is 27.3 Å². The molecule has 1 aliphatic rings. The van der Waals surface area contributed by atoms with Gasteiger partial charge in [-0.05, 0) is 54.8 Å². The number of hydrogen-bond donors (Lipinski definition) is 0. The fraction of sp³-hybridized carbons (Fsp3) is 0.381. The molecule has 1 heterocycles. The zero-order valence-electron chi connectivity index (χ0n) is 15.8. The molecule has 28 heavy (non-hydrogen) atoms. The standard InChI is InChI=1S/C21H24ClNO4S/c1-2-13-27-18-8-3-16(4-9-18)5-12-21(24)23-14-20(15-23)28(25,26)19-10-6-17(22)7-11-19/h3-4,6-11,20H,2,5,12-15H2,1H3. The molecule has 3 rings (SSSR count). The molecule has 1 aliphatic heterocycles. The number of nitrogens with zero attached hydrogens (tertiary/aromatic N) is 1. The Morgan fingerprint density at radius 1 is 1.11 bits per heavy atom. The van der Waals surface area contributed by atoms with Crippen molar-refractivity contribution in [1.29, 1.82) is 0 Å². The first-order valence-corrected chi connectivity index (χ1v) is 11.3. The van der Waals surface area contributed by atoms with Gasteiger partial charge in [0.15, 0.2) is 9.84 Å². The van der Waals surface area contributed by atoms with Crippen LogP contribution >= 0.6 is 11.6 Å². The smallest absolute Gasteiger partial charge is 0.222 e. The van der Waals surface area contributed by atoms with Gasteiger partial charge in [-0.1, -0.05) is 30.7 Å². The molecule has 1 saturated heterocycles. The molecule has 150 valence electrons. The Morgan fingerprint density at radius 2 is 1.75 bits per heavy atom. The minimum absolute atomic E-state index is 0.0196. The van der Waals surface area contributed by atoms with Crippen molar-refractivity contribution in [3.63, 3.8) is 0 Å². The molecule has 2 aromatic rings. The summed E-state index contributed by atoms with van der Waals surface area (Å²) in [5.74, 6) is 0.809. The van der Waals surface area contributed by atoms with E-state index in [1.807, 2.05) is 24.3 Å². The average molecular weight is 422 g/mol. The Balaban J connectivity index is 1.48. The molecule has 0 aliphatic carbocycles. The Kier molecular flexibility index (Phi) is 6.62. The molecule has 5 nitrogen and oxygen atoms in total. The lowest BCUT2D eigenvalue weighted by Gasteiger charge is -2.38. The van der Waals surface area contributed by atoms with Gasteiger partial charge in [-0.25, -0.2) is 8.42 Å². The van der Waals surface area contributed by atoms with Gasteiger partial charge >= 0.3 is 0 Å². The van der Waals surface area contributed by atoms with Gasteiger partial charge in [0.2, 0.25) is 5.91 Å². The fourth-order valence-electron chi connectivity index (χ4n) is 3.04. The van der Waals surface area contributed by atoms with Crippen LogP contribution < -0.4 is 4.74 Å². The van der Waals surface area contributed by atoms with Crippen molar-refractivity contribution in [1.82, 2.24) is 4.90 Å². The van der Waals surface area contributed by atoms with E-state index in [0.29, 0.717) is 24.5 Å². The summed E-state index contributed by atoms with van der Waals surface area (Å²) in [4.78, 5) is 14.2. The number of amides is 1. The average Bonchev–Trinajstić information content (AvgIpc) is 2.64. The van der Waals surface area contributed by atoms with Gasteiger partial charge in [-0.2, -0.15) is 0 Å². The second-order valence-electron chi connectivity index (χ2n) is 6.91. The zero-order chi connectivity index (χ0) is 20.1. The van der Waals surface area contributed by atoms with Gasteiger partial charge in [0.05, 0.1) is 11.5 Å². The van der Waals surface area contributed by atoms with Crippen LogP contribution in [-0.2, 0) is 21.1 Å². The molecule has 1 amide bonds. The van der Waals surface area contributed by atoms with E-state index in [1.54, 1.807) is 17.0 Å². The molecule has 2 aromatic carbocycles. The van der Waals surface area contributed by atoms with Crippen molar-refractivity contribution in [3.8, 4) is 5.75 Å². The summed E-state index contributed by atoms with van der Waals surface area (Å²) in [7, 11) is -3.43. The number of carbonyl (C=O) groups excluding carboxylic acids is 1. The second-order valence-corrected chi connectivity index (χ2v) is 9.58. The predicted molar refractivity (Wildman–Crippen MR) is 110 cm³/mol. The van der Waals surface area contributed by atoms with Gasteiger partial charge in [0, 0.05) is 24.5 Å². The molecule has 0 unspecified atom stereocenters. The van der Waals surface area contributed by atoms with Crippen LogP contribution in [0.25, 0.3) is 0 Å². The summed E-state index contributed by atoms with van der Waals surface area (Å²) in [6, 6.07) is 13.9. The van der Waals surface area contributed by atoms with Crippen LogP contribution in [0.5, 0.6) is 5.75 Å². The van der Waals surface area contributed by atoms with E-state index in [2.05, 4.69) is 6.92 Å². The number of rotatable bonds is 8. The highest BCUT2D eigenvalue weighted by Gasteiger charge is 2.40. The lowest BCUT2D eigenvalue weighted by molar-refractivity contribution is -0.134. The Morgan fingerprint density at radius 3 is 2.36 bits per heavy atom. The molecule has 0 bridgehead atoms. The highest BCUT2D eigenvalue weighted by atomic mass is 35.5. The summed E-state index contributed by atoms with van der Waals surface area (Å²) in [6.45, 7) is 3.23. The molecule has 1 fully saturated rings. The lowest BCUT2D eigenvalue weighted by Crippen LogP contribution is -2.56. The monoisotopic (exact) mass is 421 g/mol. The van der Waals surface area contributed by atoms with Crippen molar-refractivity contribution in [2.75, 3.05) is 19.7 Å². The van der Waals surface area contributed by atoms with Crippen molar-refractivity contribution in [2.45, 2.75) is 36.3 Å². The van der Waals surface area contributed by atoms with Gasteiger partial charge in [0.25, 0.3) is 0 Å². The minimum Gasteiger partial charge on any atom is -0.494 e. The number of sulfone groups is 1. The molecule has 0 N–H and O–H groups in total. The number of ether oxygens (including phenoxy) is 1. The maximum Gasteiger partial charge on any atom is 0.222 e. The number of benzene rings is 2. The van der Waals surface area contributed by atoms with Crippen LogP contribution in [0.1, 0.15) is 25.3 Å². The fourth-order valence-corrected chi connectivity index (χ4v) is 4.82. The summed E-state index contributed by atoms with van der Waals surface area (Å²) < 4.78 is 30.7. The normalized spacial score (nSPS) is 14.6. The summed E-state index contributed by atoms with van der Waals surface area (Å²) in [5.41, 5.74) is 1.06.